The van der Waals surface area contributed by atoms with Crippen LogP contribution in [0, 0.1) is 0 Å². The van der Waals surface area contributed by atoms with Gasteiger partial charge in [-0.05, 0) is 0 Å². The number of likely N-dealkylation sites (N-methyl/N-ethyl adjacent to an activating group) is 1. The van der Waals surface area contributed by atoms with Crippen molar-refractivity contribution in [1.82, 2.24) is 4.90 Å². The summed E-state index contributed by atoms with van der Waals surface area (Å²) in [6.45, 7) is 3.61. The Kier molecular flexibility index (Phi) is 0.728. The van der Waals surface area contributed by atoms with Crippen molar-refractivity contribution in [2.75, 3.05) is 7.05 Å². The predicted molar refractivity (Wildman–Crippen MR) is 34.7 cm³/mol. The molecule has 0 aromatic carbocycles. The molecule has 2 heterocycles. The molecule has 2 nitrogen and oxygen atoms in total. The van der Waals surface area contributed by atoms with E-state index >= 15 is 0 Å². The quantitative estimate of drug-likeness (QED) is 0.474. The molecule has 1 fully saturated rings. The Morgan fingerprint density at radius 3 is 2.78 bits per heavy atom. The molecule has 2 aliphatic rings. The second-order valence-corrected chi connectivity index (χ2v) is 2.58. The van der Waals surface area contributed by atoms with Crippen molar-refractivity contribution < 1.29 is 4.74 Å². The van der Waals surface area contributed by atoms with E-state index in [1.54, 1.807) is 0 Å². The highest BCUT2D eigenvalue weighted by Gasteiger charge is 2.48. The van der Waals surface area contributed by atoms with Crippen molar-refractivity contribution in [1.29, 1.82) is 0 Å². The molecule has 9 heavy (non-hydrogen) atoms. The van der Waals surface area contributed by atoms with E-state index in [4.69, 9.17) is 16.3 Å². The third-order valence-corrected chi connectivity index (χ3v) is 2.03. The third-order valence-electron chi connectivity index (χ3n) is 1.62. The molecule has 0 aromatic heterocycles. The lowest BCUT2D eigenvalue weighted by atomic mass is 10.5. The van der Waals surface area contributed by atoms with Gasteiger partial charge in [-0.2, -0.15) is 0 Å². The van der Waals surface area contributed by atoms with Crippen molar-refractivity contribution in [3.63, 3.8) is 0 Å². The molecular weight excluding hydrogens is 138 g/mol. The average molecular weight is 144 g/mol. The standard InChI is InChI=1S/C6H6ClNO/c1-3-4(7)5-6(9-3)8(5)2/h6H,1H2,2H3. The second kappa shape index (κ2) is 1.27. The van der Waals surface area contributed by atoms with Gasteiger partial charge in [-0.25, -0.2) is 0 Å². The van der Waals surface area contributed by atoms with Crippen LogP contribution in [-0.2, 0) is 4.74 Å². The van der Waals surface area contributed by atoms with Crippen LogP contribution in [0.2, 0.25) is 0 Å². The van der Waals surface area contributed by atoms with Crippen molar-refractivity contribution in [2.45, 2.75) is 6.23 Å². The molecular formula is C6H6ClNO. The summed E-state index contributed by atoms with van der Waals surface area (Å²) in [7, 11) is 1.94. The van der Waals surface area contributed by atoms with E-state index in [0.717, 1.165) is 5.70 Å². The van der Waals surface area contributed by atoms with Crippen molar-refractivity contribution in [2.24, 2.45) is 0 Å². The Morgan fingerprint density at radius 2 is 2.44 bits per heavy atom. The fourth-order valence-electron chi connectivity index (χ4n) is 0.991. The van der Waals surface area contributed by atoms with Crippen LogP contribution in [0.5, 0.6) is 0 Å². The summed E-state index contributed by atoms with van der Waals surface area (Å²) in [6.07, 6.45) is 0.116. The van der Waals surface area contributed by atoms with Crippen LogP contribution in [0.3, 0.4) is 0 Å². The summed E-state index contributed by atoms with van der Waals surface area (Å²) >= 11 is 5.76. The minimum atomic E-state index is 0.116. The fraction of sp³-hybridized carbons (Fsp3) is 0.333. The lowest BCUT2D eigenvalue weighted by molar-refractivity contribution is 0.174. The van der Waals surface area contributed by atoms with Gasteiger partial charge >= 0.3 is 0 Å². The molecule has 0 bridgehead atoms. The molecule has 1 unspecified atom stereocenters. The zero-order valence-corrected chi connectivity index (χ0v) is 5.77. The first-order chi connectivity index (χ1) is 4.22. The van der Waals surface area contributed by atoms with Gasteiger partial charge in [0, 0.05) is 7.05 Å². The van der Waals surface area contributed by atoms with Gasteiger partial charge in [-0.1, -0.05) is 18.2 Å². The summed E-state index contributed by atoms with van der Waals surface area (Å²) in [4.78, 5) is 1.97. The highest BCUT2D eigenvalue weighted by Crippen LogP contribution is 2.46. The Labute approximate surface area is 58.3 Å². The smallest absolute Gasteiger partial charge is 0.215 e. The van der Waals surface area contributed by atoms with Gasteiger partial charge in [0.1, 0.15) is 16.5 Å². The van der Waals surface area contributed by atoms with Gasteiger partial charge in [0.05, 0.1) is 0 Å². The Balaban J connectivity index is 2.40. The number of fused-ring (bicyclic) bond motifs is 1. The van der Waals surface area contributed by atoms with Crippen LogP contribution < -0.4 is 0 Å². The molecule has 0 aliphatic carbocycles. The summed E-state index contributed by atoms with van der Waals surface area (Å²) in [5, 5.41) is 0.683. The maximum absolute atomic E-state index is 5.76. The molecule has 48 valence electrons. The molecule has 1 saturated heterocycles. The molecule has 1 atom stereocenters. The minimum Gasteiger partial charge on any atom is -0.464 e. The topological polar surface area (TPSA) is 12.2 Å². The second-order valence-electron chi connectivity index (χ2n) is 2.20. The van der Waals surface area contributed by atoms with Crippen molar-refractivity contribution in [3.05, 3.63) is 23.1 Å². The van der Waals surface area contributed by atoms with Crippen LogP contribution in [0.1, 0.15) is 0 Å². The number of allylic oxidation sites excluding steroid dienone is 1. The van der Waals surface area contributed by atoms with E-state index < -0.39 is 0 Å². The van der Waals surface area contributed by atoms with Crippen LogP contribution in [0.4, 0.5) is 0 Å². The summed E-state index contributed by atoms with van der Waals surface area (Å²) in [6, 6.07) is 0. The SMILES string of the molecule is C=C1OC2C(=C1Cl)N2C. The van der Waals surface area contributed by atoms with Gasteiger partial charge in [0.2, 0.25) is 6.23 Å². The molecule has 2 aliphatic heterocycles. The number of rotatable bonds is 0. The maximum atomic E-state index is 5.76. The van der Waals surface area contributed by atoms with E-state index in [9.17, 15) is 0 Å². The Hall–Kier alpha value is -0.630. The van der Waals surface area contributed by atoms with Crippen LogP contribution in [-0.4, -0.2) is 18.2 Å². The zero-order valence-electron chi connectivity index (χ0n) is 5.02. The molecule has 3 heteroatoms. The highest BCUT2D eigenvalue weighted by molar-refractivity contribution is 6.32. The number of nitrogens with zero attached hydrogens (tertiary/aromatic N) is 1. The minimum absolute atomic E-state index is 0.116. The van der Waals surface area contributed by atoms with Crippen LogP contribution in [0.25, 0.3) is 0 Å². The van der Waals surface area contributed by atoms with E-state index in [1.165, 1.54) is 0 Å². The molecule has 0 aromatic rings. The van der Waals surface area contributed by atoms with Gasteiger partial charge in [0.25, 0.3) is 0 Å². The van der Waals surface area contributed by atoms with E-state index in [0.29, 0.717) is 10.8 Å². The van der Waals surface area contributed by atoms with Crippen molar-refractivity contribution in [3.8, 4) is 0 Å². The van der Waals surface area contributed by atoms with Crippen LogP contribution in [0.15, 0.2) is 23.1 Å². The summed E-state index contributed by atoms with van der Waals surface area (Å²) < 4.78 is 5.19. The lowest BCUT2D eigenvalue weighted by Gasteiger charge is -2.02. The van der Waals surface area contributed by atoms with Crippen molar-refractivity contribution >= 4 is 11.6 Å². The number of hydrogen-bond donors (Lipinski definition) is 0. The molecule has 0 amide bonds. The number of ether oxygens (including phenoxy) is 1. The van der Waals surface area contributed by atoms with Crippen LogP contribution >= 0.6 is 11.6 Å². The van der Waals surface area contributed by atoms with Gasteiger partial charge in [0.15, 0.2) is 0 Å². The van der Waals surface area contributed by atoms with Gasteiger partial charge < -0.3 is 9.64 Å². The fourth-order valence-corrected chi connectivity index (χ4v) is 1.26. The summed E-state index contributed by atoms with van der Waals surface area (Å²) in [5.41, 5.74) is 1.07. The third kappa shape index (κ3) is 0.465. The molecule has 0 saturated carbocycles. The first-order valence-electron chi connectivity index (χ1n) is 2.70. The largest absolute Gasteiger partial charge is 0.464 e. The van der Waals surface area contributed by atoms with E-state index in [2.05, 4.69) is 6.58 Å². The summed E-state index contributed by atoms with van der Waals surface area (Å²) in [5.74, 6) is 0.606. The first kappa shape index (κ1) is 5.18. The molecule has 2 rings (SSSR count). The molecule has 0 radical (unpaired) electrons. The predicted octanol–water partition coefficient (Wildman–Crippen LogP) is 1.25. The monoisotopic (exact) mass is 143 g/mol. The lowest BCUT2D eigenvalue weighted by Crippen LogP contribution is -1.99. The zero-order chi connectivity index (χ0) is 6.59. The van der Waals surface area contributed by atoms with E-state index in [1.807, 2.05) is 11.9 Å². The average Bonchev–Trinajstić information content (AvgIpc) is 2.29. The number of hydrogen-bond acceptors (Lipinski definition) is 2. The Bertz CT molecular complexity index is 221. The van der Waals surface area contributed by atoms with Gasteiger partial charge in [-0.15, -0.1) is 0 Å². The van der Waals surface area contributed by atoms with E-state index in [-0.39, 0.29) is 6.23 Å². The van der Waals surface area contributed by atoms with Gasteiger partial charge in [-0.3, -0.25) is 0 Å². The normalized spacial score (nSPS) is 30.7. The Morgan fingerprint density at radius 1 is 1.78 bits per heavy atom. The molecule has 0 N–H and O–H groups in total. The highest BCUT2D eigenvalue weighted by atomic mass is 35.5. The maximum Gasteiger partial charge on any atom is 0.215 e. The molecule has 0 spiro atoms. The first-order valence-corrected chi connectivity index (χ1v) is 3.08. The number of halogens is 1.